The molecule has 1 aromatic heterocycles. The van der Waals surface area contributed by atoms with Gasteiger partial charge in [0.05, 0.1) is 5.92 Å². The highest BCUT2D eigenvalue weighted by molar-refractivity contribution is 5.96. The number of benzene rings is 2. The molecule has 3 rings (SSSR count). The van der Waals surface area contributed by atoms with Gasteiger partial charge in [-0.25, -0.2) is 4.39 Å². The van der Waals surface area contributed by atoms with Crippen molar-refractivity contribution in [3.63, 3.8) is 0 Å². The van der Waals surface area contributed by atoms with Gasteiger partial charge in [0.1, 0.15) is 11.4 Å². The maximum absolute atomic E-state index is 13.0. The second-order valence-corrected chi connectivity index (χ2v) is 5.79. The second kappa shape index (κ2) is 7.17. The number of nitrogens with two attached hydrogens (primary N) is 1. The molecule has 0 saturated carbocycles. The summed E-state index contributed by atoms with van der Waals surface area (Å²) in [5, 5.41) is 3.49. The maximum atomic E-state index is 13.0. The molecule has 0 spiro atoms. The topological polar surface area (TPSA) is 85.3 Å². The Labute approximate surface area is 143 Å². The van der Waals surface area contributed by atoms with Gasteiger partial charge in [0.15, 0.2) is 5.76 Å². The number of halogens is 1. The molecule has 0 fully saturated rings. The van der Waals surface area contributed by atoms with Crippen molar-refractivity contribution in [1.29, 1.82) is 0 Å². The van der Waals surface area contributed by atoms with Crippen molar-refractivity contribution >= 4 is 22.8 Å². The molecule has 3 aromatic rings. The van der Waals surface area contributed by atoms with Crippen LogP contribution < -0.4 is 11.1 Å². The summed E-state index contributed by atoms with van der Waals surface area (Å²) < 4.78 is 18.4. The van der Waals surface area contributed by atoms with Crippen molar-refractivity contribution in [1.82, 2.24) is 5.32 Å². The van der Waals surface area contributed by atoms with Gasteiger partial charge in [-0.2, -0.15) is 0 Å². The number of carbonyl (C=O) groups excluding carboxylic acids is 2. The van der Waals surface area contributed by atoms with Crippen LogP contribution in [0.25, 0.3) is 11.0 Å². The predicted octanol–water partition coefficient (Wildman–Crippen LogP) is 2.65. The molecule has 0 aliphatic heterocycles. The molecule has 0 bridgehead atoms. The van der Waals surface area contributed by atoms with Crippen LogP contribution in [-0.4, -0.2) is 18.4 Å². The molecule has 1 unspecified atom stereocenters. The summed E-state index contributed by atoms with van der Waals surface area (Å²) in [5.41, 5.74) is 6.80. The van der Waals surface area contributed by atoms with E-state index in [0.29, 0.717) is 12.0 Å². The van der Waals surface area contributed by atoms with Crippen LogP contribution in [0.5, 0.6) is 0 Å². The molecule has 0 saturated heterocycles. The summed E-state index contributed by atoms with van der Waals surface area (Å²) in [5.74, 6) is -1.72. The average Bonchev–Trinajstić information content (AvgIpc) is 3.04. The van der Waals surface area contributed by atoms with Crippen molar-refractivity contribution in [3.8, 4) is 0 Å². The molecule has 5 nitrogen and oxygen atoms in total. The van der Waals surface area contributed by atoms with E-state index < -0.39 is 17.7 Å². The number of nitrogens with one attached hydrogen (secondary N) is 1. The summed E-state index contributed by atoms with van der Waals surface area (Å²) in [6.07, 6.45) is 0.315. The van der Waals surface area contributed by atoms with Crippen molar-refractivity contribution in [2.45, 2.75) is 6.42 Å². The molecule has 0 aliphatic carbocycles. The predicted molar refractivity (Wildman–Crippen MR) is 91.3 cm³/mol. The van der Waals surface area contributed by atoms with Gasteiger partial charge in [0.2, 0.25) is 5.91 Å². The van der Waals surface area contributed by atoms with E-state index in [9.17, 15) is 14.0 Å². The fourth-order valence-corrected chi connectivity index (χ4v) is 2.58. The largest absolute Gasteiger partial charge is 0.451 e. The Morgan fingerprint density at radius 2 is 1.84 bits per heavy atom. The highest BCUT2D eigenvalue weighted by Gasteiger charge is 2.19. The monoisotopic (exact) mass is 340 g/mol. The first-order chi connectivity index (χ1) is 12.0. The van der Waals surface area contributed by atoms with Crippen molar-refractivity contribution < 1.29 is 18.4 Å². The molecule has 6 heteroatoms. The van der Waals surface area contributed by atoms with Crippen molar-refractivity contribution in [2.75, 3.05) is 6.54 Å². The van der Waals surface area contributed by atoms with Gasteiger partial charge < -0.3 is 15.5 Å². The van der Waals surface area contributed by atoms with E-state index in [1.807, 2.05) is 18.2 Å². The third-order valence-electron chi connectivity index (χ3n) is 3.96. The zero-order valence-corrected chi connectivity index (χ0v) is 13.4. The summed E-state index contributed by atoms with van der Waals surface area (Å²) in [7, 11) is 0. The fourth-order valence-electron chi connectivity index (χ4n) is 2.58. The number of primary amides is 1. The normalized spacial score (nSPS) is 12.0. The average molecular weight is 340 g/mol. The highest BCUT2D eigenvalue weighted by atomic mass is 19.1. The van der Waals surface area contributed by atoms with E-state index in [2.05, 4.69) is 5.32 Å². The quantitative estimate of drug-likeness (QED) is 0.723. The molecular weight excluding hydrogens is 323 g/mol. The van der Waals surface area contributed by atoms with Crippen LogP contribution in [-0.2, 0) is 11.2 Å². The Kier molecular flexibility index (Phi) is 4.79. The first-order valence-electron chi connectivity index (χ1n) is 7.83. The van der Waals surface area contributed by atoms with Gasteiger partial charge in [-0.1, -0.05) is 30.3 Å². The zero-order chi connectivity index (χ0) is 17.8. The van der Waals surface area contributed by atoms with Crippen molar-refractivity contribution in [2.24, 2.45) is 11.7 Å². The number of fused-ring (bicyclic) bond motifs is 1. The lowest BCUT2D eigenvalue weighted by Gasteiger charge is -2.14. The van der Waals surface area contributed by atoms with E-state index >= 15 is 0 Å². The SMILES string of the molecule is NC(=O)C(CNC(=O)c1cc2ccccc2o1)Cc1ccc(F)cc1. The van der Waals surface area contributed by atoms with Gasteiger partial charge in [0.25, 0.3) is 5.91 Å². The minimum Gasteiger partial charge on any atom is -0.451 e. The summed E-state index contributed by atoms with van der Waals surface area (Å²) >= 11 is 0. The lowest BCUT2D eigenvalue weighted by Crippen LogP contribution is -2.37. The van der Waals surface area contributed by atoms with Crippen LogP contribution in [0, 0.1) is 11.7 Å². The van der Waals surface area contributed by atoms with Crippen LogP contribution in [0.2, 0.25) is 0 Å². The zero-order valence-electron chi connectivity index (χ0n) is 13.4. The van der Waals surface area contributed by atoms with Crippen LogP contribution in [0.3, 0.4) is 0 Å². The highest BCUT2D eigenvalue weighted by Crippen LogP contribution is 2.18. The first-order valence-corrected chi connectivity index (χ1v) is 7.83. The van der Waals surface area contributed by atoms with E-state index in [1.165, 1.54) is 12.1 Å². The molecule has 2 amide bonds. The number of amides is 2. The molecule has 2 aromatic carbocycles. The first kappa shape index (κ1) is 16.7. The lowest BCUT2D eigenvalue weighted by molar-refractivity contribution is -0.121. The molecule has 0 radical (unpaired) electrons. The standard InChI is InChI=1S/C19H17FN2O3/c20-15-7-5-12(6-8-15)9-14(18(21)23)11-22-19(24)17-10-13-3-1-2-4-16(13)25-17/h1-8,10,14H,9,11H2,(H2,21,23)(H,22,24). The van der Waals surface area contributed by atoms with E-state index in [-0.39, 0.29) is 18.1 Å². The second-order valence-electron chi connectivity index (χ2n) is 5.79. The van der Waals surface area contributed by atoms with Crippen LogP contribution in [0.15, 0.2) is 59.0 Å². The third-order valence-corrected chi connectivity index (χ3v) is 3.96. The lowest BCUT2D eigenvalue weighted by atomic mass is 9.98. The minimum absolute atomic E-state index is 0.0720. The number of rotatable bonds is 6. The third kappa shape index (κ3) is 4.03. The molecule has 1 atom stereocenters. The Balaban J connectivity index is 1.65. The number of furan rings is 1. The number of hydrogen-bond donors (Lipinski definition) is 2. The molecule has 128 valence electrons. The fraction of sp³-hybridized carbons (Fsp3) is 0.158. The summed E-state index contributed by atoms with van der Waals surface area (Å²) in [6, 6.07) is 14.7. The number of carbonyl (C=O) groups is 2. The Morgan fingerprint density at radius 1 is 1.12 bits per heavy atom. The molecule has 25 heavy (non-hydrogen) atoms. The number of para-hydroxylation sites is 1. The number of hydrogen-bond acceptors (Lipinski definition) is 3. The van der Waals surface area contributed by atoms with Crippen LogP contribution in [0.1, 0.15) is 16.1 Å². The van der Waals surface area contributed by atoms with E-state index in [4.69, 9.17) is 10.2 Å². The van der Waals surface area contributed by atoms with Gasteiger partial charge in [-0.15, -0.1) is 0 Å². The van der Waals surface area contributed by atoms with Gasteiger partial charge in [0, 0.05) is 11.9 Å². The Bertz CT molecular complexity index is 869. The molecule has 3 N–H and O–H groups in total. The minimum atomic E-state index is -0.598. The summed E-state index contributed by atoms with van der Waals surface area (Å²) in [4.78, 5) is 23.9. The molecular formula is C19H17FN2O3. The maximum Gasteiger partial charge on any atom is 0.287 e. The molecule has 1 heterocycles. The Hall–Kier alpha value is -3.15. The van der Waals surface area contributed by atoms with E-state index in [0.717, 1.165) is 10.9 Å². The summed E-state index contributed by atoms with van der Waals surface area (Å²) in [6.45, 7) is 0.0720. The van der Waals surface area contributed by atoms with E-state index in [1.54, 1.807) is 24.3 Å². The van der Waals surface area contributed by atoms with Crippen LogP contribution in [0.4, 0.5) is 4.39 Å². The molecule has 0 aliphatic rings. The van der Waals surface area contributed by atoms with Crippen LogP contribution >= 0.6 is 0 Å². The smallest absolute Gasteiger partial charge is 0.287 e. The van der Waals surface area contributed by atoms with Crippen molar-refractivity contribution in [3.05, 3.63) is 71.7 Å². The van der Waals surface area contributed by atoms with Gasteiger partial charge >= 0.3 is 0 Å². The van der Waals surface area contributed by atoms with Gasteiger partial charge in [-0.3, -0.25) is 9.59 Å². The Morgan fingerprint density at radius 3 is 2.52 bits per heavy atom. The van der Waals surface area contributed by atoms with Gasteiger partial charge in [-0.05, 0) is 36.2 Å².